The topological polar surface area (TPSA) is 36.9 Å². The van der Waals surface area contributed by atoms with Crippen LogP contribution in [0.15, 0.2) is 0 Å². The molecule has 2 fully saturated rings. The molecule has 0 aliphatic carbocycles. The zero-order valence-corrected chi connectivity index (χ0v) is 9.99. The summed E-state index contributed by atoms with van der Waals surface area (Å²) < 4.78 is 22.3. The second kappa shape index (κ2) is 3.90. The molecule has 2 rings (SSSR count). The van der Waals surface area contributed by atoms with E-state index in [-0.39, 0.29) is 0 Å². The van der Waals surface area contributed by atoms with Crippen LogP contribution < -0.4 is 0 Å². The van der Waals surface area contributed by atoms with Crippen LogP contribution in [0, 0.1) is 0 Å². The van der Waals surface area contributed by atoms with Crippen molar-refractivity contribution in [2.45, 2.75) is 37.0 Å². The van der Waals surface area contributed by atoms with Crippen LogP contribution in [0.1, 0.15) is 19.3 Å². The van der Waals surface area contributed by atoms with Gasteiger partial charge in [-0.05, 0) is 19.3 Å². The summed E-state index contributed by atoms with van der Waals surface area (Å²) in [5, 5.41) is 0. The zero-order chi connectivity index (χ0) is 10.2. The van der Waals surface area contributed by atoms with Crippen molar-refractivity contribution in [3.8, 4) is 0 Å². The fourth-order valence-electron chi connectivity index (χ4n) is 2.71. The van der Waals surface area contributed by atoms with Gasteiger partial charge in [0.2, 0.25) is 0 Å². The minimum Gasteiger partial charge on any atom is -0.377 e. The van der Waals surface area contributed by atoms with E-state index in [1.165, 1.54) is 6.42 Å². The van der Waals surface area contributed by atoms with Gasteiger partial charge in [-0.2, -0.15) is 0 Å². The smallest absolute Gasteiger partial charge is 0.377 e. The van der Waals surface area contributed by atoms with Gasteiger partial charge in [0.1, 0.15) is 0 Å². The van der Waals surface area contributed by atoms with Gasteiger partial charge in [0.25, 0.3) is 0 Å². The highest BCUT2D eigenvalue weighted by Crippen LogP contribution is 2.47. The fourth-order valence-corrected chi connectivity index (χ4v) is 5.37. The van der Waals surface area contributed by atoms with Crippen LogP contribution in [-0.2, 0) is 18.0 Å². The van der Waals surface area contributed by atoms with E-state index < -0.39 is 8.80 Å². The second-order valence-corrected chi connectivity index (χ2v) is 7.11. The van der Waals surface area contributed by atoms with Gasteiger partial charge < -0.3 is 18.0 Å². The highest BCUT2D eigenvalue weighted by atomic mass is 28.4. The summed E-state index contributed by atoms with van der Waals surface area (Å²) in [6.07, 6.45) is 4.05. The van der Waals surface area contributed by atoms with Gasteiger partial charge in [-0.25, -0.2) is 0 Å². The quantitative estimate of drug-likeness (QED) is 0.664. The molecule has 4 nitrogen and oxygen atoms in total. The van der Waals surface area contributed by atoms with Crippen molar-refractivity contribution in [3.05, 3.63) is 0 Å². The van der Waals surface area contributed by atoms with Gasteiger partial charge in [-0.15, -0.1) is 0 Å². The lowest BCUT2D eigenvalue weighted by Gasteiger charge is -2.33. The minimum absolute atomic E-state index is 0.298. The van der Waals surface area contributed by atoms with Crippen molar-refractivity contribution in [2.75, 3.05) is 21.3 Å². The van der Waals surface area contributed by atoms with Crippen LogP contribution >= 0.6 is 0 Å². The first-order valence-corrected chi connectivity index (χ1v) is 6.87. The molecule has 3 unspecified atom stereocenters. The van der Waals surface area contributed by atoms with Crippen molar-refractivity contribution in [2.24, 2.45) is 0 Å². The first-order chi connectivity index (χ1) is 6.75. The van der Waals surface area contributed by atoms with Crippen LogP contribution in [0.5, 0.6) is 0 Å². The standard InChI is InChI=1S/C9H18O4Si/c1-10-14(11-2,12-3)9-6-7-4-5-8(9)13-7/h7-9H,4-6H2,1-3H3. The molecule has 0 N–H and O–H groups in total. The van der Waals surface area contributed by atoms with Crippen molar-refractivity contribution in [1.82, 2.24) is 0 Å². The molecule has 2 saturated heterocycles. The van der Waals surface area contributed by atoms with E-state index in [2.05, 4.69) is 0 Å². The Bertz CT molecular complexity index is 199. The molecule has 0 radical (unpaired) electrons. The minimum atomic E-state index is -2.46. The van der Waals surface area contributed by atoms with Gasteiger partial charge >= 0.3 is 8.80 Å². The monoisotopic (exact) mass is 218 g/mol. The van der Waals surface area contributed by atoms with E-state index >= 15 is 0 Å². The third-order valence-corrected chi connectivity index (χ3v) is 6.64. The van der Waals surface area contributed by atoms with Gasteiger partial charge in [-0.3, -0.25) is 0 Å². The van der Waals surface area contributed by atoms with Crippen LogP contribution in [0.4, 0.5) is 0 Å². The number of hydrogen-bond donors (Lipinski definition) is 0. The molecular formula is C9H18O4Si. The Morgan fingerprint density at radius 3 is 2.07 bits per heavy atom. The molecule has 14 heavy (non-hydrogen) atoms. The lowest BCUT2D eigenvalue weighted by molar-refractivity contribution is 0.0773. The number of hydrogen-bond acceptors (Lipinski definition) is 4. The van der Waals surface area contributed by atoms with E-state index in [9.17, 15) is 0 Å². The molecule has 3 atom stereocenters. The SMILES string of the molecule is CO[Si](OC)(OC)C1CC2CCC1O2. The number of rotatable bonds is 4. The summed E-state index contributed by atoms with van der Waals surface area (Å²) in [6.45, 7) is 0. The summed E-state index contributed by atoms with van der Waals surface area (Å²) in [4.78, 5) is 0. The molecule has 2 heterocycles. The third kappa shape index (κ3) is 1.43. The zero-order valence-electron chi connectivity index (χ0n) is 8.99. The van der Waals surface area contributed by atoms with E-state index in [4.69, 9.17) is 18.0 Å². The molecule has 5 heteroatoms. The Morgan fingerprint density at radius 1 is 1.07 bits per heavy atom. The highest BCUT2D eigenvalue weighted by molar-refractivity contribution is 6.62. The summed E-state index contributed by atoms with van der Waals surface area (Å²) in [5.41, 5.74) is 0.334. The molecule has 0 aromatic heterocycles. The third-order valence-electron chi connectivity index (χ3n) is 3.41. The van der Waals surface area contributed by atoms with Gasteiger partial charge in [0.05, 0.1) is 17.7 Å². The maximum absolute atomic E-state index is 5.79. The van der Waals surface area contributed by atoms with Gasteiger partial charge in [0.15, 0.2) is 0 Å². The van der Waals surface area contributed by atoms with Crippen molar-refractivity contribution in [1.29, 1.82) is 0 Å². The molecule has 0 amide bonds. The largest absolute Gasteiger partial charge is 0.506 e. The first kappa shape index (κ1) is 10.6. The Kier molecular flexibility index (Phi) is 2.95. The Hall–Kier alpha value is 0.0569. The molecule has 2 aliphatic heterocycles. The summed E-state index contributed by atoms with van der Waals surface area (Å²) in [7, 11) is 2.55. The normalized spacial score (nSPS) is 36.6. The maximum Gasteiger partial charge on any atom is 0.506 e. The second-order valence-electron chi connectivity index (χ2n) is 3.93. The van der Waals surface area contributed by atoms with E-state index in [0.29, 0.717) is 17.7 Å². The molecule has 0 aromatic rings. The maximum atomic E-state index is 5.79. The summed E-state index contributed by atoms with van der Waals surface area (Å²) >= 11 is 0. The van der Waals surface area contributed by atoms with Crippen LogP contribution in [-0.4, -0.2) is 42.3 Å². The van der Waals surface area contributed by atoms with Crippen molar-refractivity contribution < 1.29 is 18.0 Å². The molecular weight excluding hydrogens is 200 g/mol. The highest BCUT2D eigenvalue weighted by Gasteiger charge is 2.57. The summed E-state index contributed by atoms with van der Waals surface area (Å²) in [5.74, 6) is 0. The molecule has 0 aromatic carbocycles. The number of ether oxygens (including phenoxy) is 1. The Balaban J connectivity index is 2.12. The van der Waals surface area contributed by atoms with E-state index in [0.717, 1.165) is 12.8 Å². The number of fused-ring (bicyclic) bond motifs is 2. The predicted octanol–water partition coefficient (Wildman–Crippen LogP) is 1.19. The van der Waals surface area contributed by atoms with Gasteiger partial charge in [0, 0.05) is 21.3 Å². The summed E-state index contributed by atoms with van der Waals surface area (Å²) in [6, 6.07) is 0. The van der Waals surface area contributed by atoms with Crippen LogP contribution in [0.25, 0.3) is 0 Å². The average Bonchev–Trinajstić information content (AvgIpc) is 2.83. The Morgan fingerprint density at radius 2 is 1.71 bits per heavy atom. The average molecular weight is 218 g/mol. The molecule has 2 aliphatic rings. The predicted molar refractivity (Wildman–Crippen MR) is 53.0 cm³/mol. The lowest BCUT2D eigenvalue weighted by Crippen LogP contribution is -2.50. The lowest BCUT2D eigenvalue weighted by atomic mass is 10.0. The van der Waals surface area contributed by atoms with Crippen LogP contribution in [0.2, 0.25) is 5.54 Å². The van der Waals surface area contributed by atoms with Crippen molar-refractivity contribution in [3.63, 3.8) is 0 Å². The van der Waals surface area contributed by atoms with E-state index in [1.807, 2.05) is 0 Å². The molecule has 2 bridgehead atoms. The Labute approximate surface area is 85.9 Å². The molecule has 82 valence electrons. The first-order valence-electron chi connectivity index (χ1n) is 5.06. The molecule has 0 saturated carbocycles. The fraction of sp³-hybridized carbons (Fsp3) is 1.00. The van der Waals surface area contributed by atoms with E-state index in [1.54, 1.807) is 21.3 Å². The van der Waals surface area contributed by atoms with Crippen molar-refractivity contribution >= 4 is 8.80 Å². The van der Waals surface area contributed by atoms with Gasteiger partial charge in [-0.1, -0.05) is 0 Å². The van der Waals surface area contributed by atoms with Crippen LogP contribution in [0.3, 0.4) is 0 Å². The molecule has 0 spiro atoms.